The third-order valence-corrected chi connectivity index (χ3v) is 11.8. The van der Waals surface area contributed by atoms with Crippen LogP contribution in [-0.2, 0) is 21.0 Å². The van der Waals surface area contributed by atoms with Crippen molar-refractivity contribution in [1.82, 2.24) is 0 Å². The van der Waals surface area contributed by atoms with Crippen LogP contribution < -0.4 is 0 Å². The summed E-state index contributed by atoms with van der Waals surface area (Å²) in [4.78, 5) is 3.79. The Bertz CT molecular complexity index is 2360. The Morgan fingerprint density at radius 2 is 0.820 bits per heavy atom. The standard InChI is InChI=1S/C38H27S.C7H8O3S/c1-2-14-32(15-3-1)39(33-24-20-30(21-25-33)37-18-8-12-28-10-4-6-16-35(28)37)34-26-22-31(23-27-34)38-19-9-13-29-11-5-7-17-36(29)38;1-6-2-4-7(5-3-6)11(8,9)10/h1-27H;2-5H,1H3,(H,8,9,10)/q+1;/p-1. The van der Waals surface area contributed by atoms with Gasteiger partial charge >= 0.3 is 0 Å². The first-order chi connectivity index (χ1) is 24.3. The molecule has 5 heteroatoms. The molecule has 0 aliphatic rings. The van der Waals surface area contributed by atoms with Gasteiger partial charge in [0.05, 0.1) is 15.8 Å². The maximum absolute atomic E-state index is 10.4. The monoisotopic (exact) mass is 686 g/mol. The number of rotatable bonds is 6. The van der Waals surface area contributed by atoms with Crippen molar-refractivity contribution in [3.8, 4) is 22.3 Å². The number of aryl methyl sites for hydroxylation is 1. The smallest absolute Gasteiger partial charge is 0.166 e. The van der Waals surface area contributed by atoms with Crippen LogP contribution in [0.1, 0.15) is 5.56 Å². The minimum atomic E-state index is -4.27. The van der Waals surface area contributed by atoms with Crippen molar-refractivity contribution < 1.29 is 13.0 Å². The molecule has 50 heavy (non-hydrogen) atoms. The SMILES string of the molecule is Cc1ccc(S(=O)(=O)[O-])cc1.c1ccc([S+](c2ccc(-c3cccc4ccccc34)cc2)c2ccc(-c3cccc4ccccc34)cc2)cc1. The van der Waals surface area contributed by atoms with Gasteiger partial charge in [0.2, 0.25) is 0 Å². The molecule has 0 saturated heterocycles. The summed E-state index contributed by atoms with van der Waals surface area (Å²) in [6.07, 6.45) is 0. The van der Waals surface area contributed by atoms with E-state index in [0.29, 0.717) is 0 Å². The van der Waals surface area contributed by atoms with E-state index >= 15 is 0 Å². The molecule has 0 N–H and O–H groups in total. The topological polar surface area (TPSA) is 57.2 Å². The Hall–Kier alpha value is -5.46. The van der Waals surface area contributed by atoms with Gasteiger partial charge in [-0.1, -0.05) is 121 Å². The molecule has 0 saturated carbocycles. The predicted octanol–water partition coefficient (Wildman–Crippen LogP) is 11.3. The Morgan fingerprint density at radius 3 is 1.28 bits per heavy atom. The van der Waals surface area contributed by atoms with Gasteiger partial charge in [-0.25, -0.2) is 8.42 Å². The van der Waals surface area contributed by atoms with Crippen LogP contribution in [0.3, 0.4) is 0 Å². The van der Waals surface area contributed by atoms with Gasteiger partial charge in [-0.05, 0) is 124 Å². The first-order valence-corrected chi connectivity index (χ1v) is 19.0. The molecule has 8 aromatic rings. The Morgan fingerprint density at radius 1 is 0.420 bits per heavy atom. The van der Waals surface area contributed by atoms with E-state index < -0.39 is 10.1 Å². The molecule has 8 rings (SSSR count). The summed E-state index contributed by atoms with van der Waals surface area (Å²) in [5.41, 5.74) is 5.98. The van der Waals surface area contributed by atoms with E-state index in [1.54, 1.807) is 12.1 Å². The van der Waals surface area contributed by atoms with Gasteiger partial charge in [-0.3, -0.25) is 0 Å². The predicted molar refractivity (Wildman–Crippen MR) is 207 cm³/mol. The highest BCUT2D eigenvalue weighted by molar-refractivity contribution is 7.97. The van der Waals surface area contributed by atoms with Gasteiger partial charge < -0.3 is 4.55 Å². The van der Waals surface area contributed by atoms with Gasteiger partial charge in [0, 0.05) is 0 Å². The molecule has 244 valence electrons. The first-order valence-electron chi connectivity index (χ1n) is 16.3. The van der Waals surface area contributed by atoms with E-state index in [4.69, 9.17) is 0 Å². The summed E-state index contributed by atoms with van der Waals surface area (Å²) < 4.78 is 31.2. The molecule has 0 atom stereocenters. The van der Waals surface area contributed by atoms with E-state index in [2.05, 4.69) is 164 Å². The zero-order chi connectivity index (χ0) is 34.5. The molecule has 0 amide bonds. The molecule has 0 unspecified atom stereocenters. The van der Waals surface area contributed by atoms with Crippen LogP contribution in [0.5, 0.6) is 0 Å². The van der Waals surface area contributed by atoms with Crippen molar-refractivity contribution in [2.75, 3.05) is 0 Å². The Balaban J connectivity index is 0.000000306. The lowest BCUT2D eigenvalue weighted by atomic mass is 9.98. The average Bonchev–Trinajstić information content (AvgIpc) is 3.16. The second-order valence-electron chi connectivity index (χ2n) is 12.0. The minimum Gasteiger partial charge on any atom is -0.744 e. The largest absolute Gasteiger partial charge is 0.744 e. The Labute approximate surface area is 296 Å². The van der Waals surface area contributed by atoms with Crippen molar-refractivity contribution in [2.24, 2.45) is 0 Å². The van der Waals surface area contributed by atoms with E-state index in [-0.39, 0.29) is 15.8 Å². The second-order valence-corrected chi connectivity index (χ2v) is 15.4. The zero-order valence-electron chi connectivity index (χ0n) is 27.4. The third kappa shape index (κ3) is 7.26. The molecule has 0 fully saturated rings. The van der Waals surface area contributed by atoms with Crippen LogP contribution >= 0.6 is 0 Å². The molecule has 0 heterocycles. The summed E-state index contributed by atoms with van der Waals surface area (Å²) in [5.74, 6) is 0. The van der Waals surface area contributed by atoms with Crippen LogP contribution in [0.25, 0.3) is 43.8 Å². The third-order valence-electron chi connectivity index (χ3n) is 8.67. The van der Waals surface area contributed by atoms with Crippen molar-refractivity contribution in [3.05, 3.63) is 194 Å². The lowest BCUT2D eigenvalue weighted by molar-refractivity contribution is 0.463. The molecule has 0 radical (unpaired) electrons. The quantitative estimate of drug-likeness (QED) is 0.129. The molecule has 0 aliphatic carbocycles. The fourth-order valence-corrected chi connectivity index (χ4v) is 8.70. The number of fused-ring (bicyclic) bond motifs is 2. The van der Waals surface area contributed by atoms with Crippen molar-refractivity contribution in [3.63, 3.8) is 0 Å². The normalized spacial score (nSPS) is 11.3. The van der Waals surface area contributed by atoms with E-state index in [1.165, 1.54) is 70.6 Å². The van der Waals surface area contributed by atoms with Gasteiger partial charge in [0.1, 0.15) is 10.1 Å². The Kier molecular flexibility index (Phi) is 9.63. The lowest BCUT2D eigenvalue weighted by Gasteiger charge is -2.11. The van der Waals surface area contributed by atoms with E-state index in [1.807, 2.05) is 6.92 Å². The average molecular weight is 687 g/mol. The fraction of sp³-hybridized carbons (Fsp3) is 0.0222. The maximum Gasteiger partial charge on any atom is 0.166 e. The van der Waals surface area contributed by atoms with Gasteiger partial charge in [-0.2, -0.15) is 0 Å². The number of benzene rings is 8. The van der Waals surface area contributed by atoms with Crippen molar-refractivity contribution in [2.45, 2.75) is 26.5 Å². The van der Waals surface area contributed by atoms with E-state index in [9.17, 15) is 13.0 Å². The summed E-state index contributed by atoms with van der Waals surface area (Å²) in [6, 6.07) is 65.4. The number of hydrogen-bond donors (Lipinski definition) is 0. The lowest BCUT2D eigenvalue weighted by Crippen LogP contribution is -2.04. The highest BCUT2D eigenvalue weighted by Crippen LogP contribution is 2.36. The van der Waals surface area contributed by atoms with Crippen molar-refractivity contribution in [1.29, 1.82) is 0 Å². The first kappa shape index (κ1) is 33.1. The molecule has 0 bridgehead atoms. The van der Waals surface area contributed by atoms with Crippen LogP contribution in [0, 0.1) is 6.92 Å². The molecule has 0 spiro atoms. The molecule has 0 aromatic heterocycles. The summed E-state index contributed by atoms with van der Waals surface area (Å²) in [7, 11) is -4.47. The summed E-state index contributed by atoms with van der Waals surface area (Å²) >= 11 is 0. The number of hydrogen-bond acceptors (Lipinski definition) is 3. The molecular formula is C45H34O3S2. The van der Waals surface area contributed by atoms with Gasteiger partial charge in [-0.15, -0.1) is 0 Å². The van der Waals surface area contributed by atoms with Crippen LogP contribution in [0.15, 0.2) is 208 Å². The summed E-state index contributed by atoms with van der Waals surface area (Å²) in [6.45, 7) is 1.82. The molecule has 8 aromatic carbocycles. The minimum absolute atomic E-state index is 0.178. The van der Waals surface area contributed by atoms with Crippen LogP contribution in [0.4, 0.5) is 0 Å². The summed E-state index contributed by atoms with van der Waals surface area (Å²) in [5, 5.41) is 5.13. The van der Waals surface area contributed by atoms with Crippen LogP contribution in [0.2, 0.25) is 0 Å². The highest BCUT2D eigenvalue weighted by atomic mass is 32.2. The van der Waals surface area contributed by atoms with Crippen molar-refractivity contribution >= 4 is 42.6 Å². The van der Waals surface area contributed by atoms with Crippen LogP contribution in [-0.4, -0.2) is 13.0 Å². The zero-order valence-corrected chi connectivity index (χ0v) is 29.1. The van der Waals surface area contributed by atoms with Gasteiger partial charge in [0.15, 0.2) is 14.7 Å². The molecule has 3 nitrogen and oxygen atoms in total. The van der Waals surface area contributed by atoms with E-state index in [0.717, 1.165) is 5.56 Å². The fourth-order valence-electron chi connectivity index (χ4n) is 6.17. The molecular weight excluding hydrogens is 653 g/mol. The molecule has 0 aliphatic heterocycles. The highest BCUT2D eigenvalue weighted by Gasteiger charge is 2.28. The maximum atomic E-state index is 10.4. The van der Waals surface area contributed by atoms with Gasteiger partial charge in [0.25, 0.3) is 0 Å². The second kappa shape index (κ2) is 14.6.